The summed E-state index contributed by atoms with van der Waals surface area (Å²) in [7, 11) is 0. The summed E-state index contributed by atoms with van der Waals surface area (Å²) in [5.41, 5.74) is 4.03. The summed E-state index contributed by atoms with van der Waals surface area (Å²) in [6.07, 6.45) is 5.05. The predicted octanol–water partition coefficient (Wildman–Crippen LogP) is 4.51. The Morgan fingerprint density at radius 3 is 2.75 bits per heavy atom. The molecule has 0 atom stereocenters. The lowest BCUT2D eigenvalue weighted by Crippen LogP contribution is -2.37. The lowest BCUT2D eigenvalue weighted by molar-refractivity contribution is 0.0907. The van der Waals surface area contributed by atoms with Crippen molar-refractivity contribution in [1.82, 2.24) is 24.1 Å². The van der Waals surface area contributed by atoms with Gasteiger partial charge in [0.1, 0.15) is 5.82 Å². The molecule has 166 valence electrons. The second-order valence-electron chi connectivity index (χ2n) is 8.73. The fraction of sp³-hybridized carbons (Fsp3) is 0.400. The van der Waals surface area contributed by atoms with Gasteiger partial charge in [0.05, 0.1) is 6.54 Å². The molecule has 0 unspecified atom stereocenters. The SMILES string of the molecule is Cc1cc(C(=O)CN2CCC(c3nnc4ccccn34)CC2)c(C)n1CCc1cccs1. The van der Waals surface area contributed by atoms with Crippen LogP contribution in [0.5, 0.6) is 0 Å². The van der Waals surface area contributed by atoms with Crippen LogP contribution in [-0.4, -0.2) is 49.5 Å². The minimum Gasteiger partial charge on any atom is -0.348 e. The lowest BCUT2D eigenvalue weighted by Gasteiger charge is -2.30. The van der Waals surface area contributed by atoms with Crippen molar-refractivity contribution in [3.8, 4) is 0 Å². The average molecular weight is 448 g/mol. The molecule has 0 saturated carbocycles. The standard InChI is InChI=1S/C25H29N5OS/c1-18-16-22(19(2)29(18)14-10-21-6-5-15-32-21)23(31)17-28-12-8-20(9-13-28)25-27-26-24-7-3-4-11-30(24)25/h3-7,11,15-16,20H,8-10,12-14,17H2,1-2H3. The van der Waals surface area contributed by atoms with Crippen LogP contribution in [-0.2, 0) is 13.0 Å². The van der Waals surface area contributed by atoms with Gasteiger partial charge in [-0.2, -0.15) is 0 Å². The monoisotopic (exact) mass is 447 g/mol. The summed E-state index contributed by atoms with van der Waals surface area (Å²) in [5, 5.41) is 10.9. The van der Waals surface area contributed by atoms with Crippen molar-refractivity contribution in [2.24, 2.45) is 0 Å². The van der Waals surface area contributed by atoms with Gasteiger partial charge in [-0.25, -0.2) is 0 Å². The highest BCUT2D eigenvalue weighted by Gasteiger charge is 2.26. The Hall–Kier alpha value is -2.77. The third-order valence-electron chi connectivity index (χ3n) is 6.70. The highest BCUT2D eigenvalue weighted by molar-refractivity contribution is 7.09. The first-order valence-electron chi connectivity index (χ1n) is 11.3. The molecule has 1 aliphatic heterocycles. The van der Waals surface area contributed by atoms with Gasteiger partial charge < -0.3 is 4.57 Å². The quantitative estimate of drug-likeness (QED) is 0.391. The molecule has 0 radical (unpaired) electrons. The number of Topliss-reactive ketones (excluding diaryl/α,β-unsaturated/α-hetero) is 1. The minimum atomic E-state index is 0.229. The van der Waals surface area contributed by atoms with Gasteiger partial charge in [-0.1, -0.05) is 12.1 Å². The second-order valence-corrected chi connectivity index (χ2v) is 9.76. The largest absolute Gasteiger partial charge is 0.348 e. The molecule has 6 nitrogen and oxygen atoms in total. The van der Waals surface area contributed by atoms with Crippen molar-refractivity contribution in [2.75, 3.05) is 19.6 Å². The van der Waals surface area contributed by atoms with E-state index in [0.29, 0.717) is 12.5 Å². The Morgan fingerprint density at radius 1 is 1.12 bits per heavy atom. The number of carbonyl (C=O) groups excluding carboxylic acids is 1. The zero-order valence-corrected chi connectivity index (χ0v) is 19.5. The summed E-state index contributed by atoms with van der Waals surface area (Å²) in [6.45, 7) is 7.42. The molecule has 4 aromatic heterocycles. The fourth-order valence-corrected chi connectivity index (χ4v) is 5.58. The number of hydrogen-bond donors (Lipinski definition) is 0. The van der Waals surface area contributed by atoms with E-state index in [-0.39, 0.29) is 5.78 Å². The number of pyridine rings is 1. The van der Waals surface area contributed by atoms with Crippen LogP contribution in [0.25, 0.3) is 5.65 Å². The first kappa shape index (κ1) is 21.1. The maximum atomic E-state index is 13.1. The van der Waals surface area contributed by atoms with E-state index >= 15 is 0 Å². The van der Waals surface area contributed by atoms with E-state index in [0.717, 1.165) is 61.6 Å². The summed E-state index contributed by atoms with van der Waals surface area (Å²) in [6, 6.07) is 12.3. The number of thiophene rings is 1. The molecule has 0 aliphatic carbocycles. The molecule has 32 heavy (non-hydrogen) atoms. The third kappa shape index (κ3) is 4.14. The molecule has 1 fully saturated rings. The molecular formula is C25H29N5OS. The van der Waals surface area contributed by atoms with Crippen molar-refractivity contribution in [2.45, 2.75) is 45.6 Å². The van der Waals surface area contributed by atoms with Crippen LogP contribution < -0.4 is 0 Å². The van der Waals surface area contributed by atoms with Crippen LogP contribution in [0.1, 0.15) is 51.2 Å². The number of piperidine rings is 1. The van der Waals surface area contributed by atoms with E-state index in [1.165, 1.54) is 10.6 Å². The maximum absolute atomic E-state index is 13.1. The summed E-state index contributed by atoms with van der Waals surface area (Å²) < 4.78 is 4.38. The number of aryl methyl sites for hydroxylation is 2. The molecule has 0 bridgehead atoms. The van der Waals surface area contributed by atoms with Gasteiger partial charge in [-0.3, -0.25) is 14.1 Å². The van der Waals surface area contributed by atoms with Crippen molar-refractivity contribution in [3.05, 3.63) is 75.6 Å². The Kier molecular flexibility index (Phi) is 5.93. The van der Waals surface area contributed by atoms with Crippen LogP contribution in [0.15, 0.2) is 48.0 Å². The second kappa shape index (κ2) is 9.00. The zero-order valence-electron chi connectivity index (χ0n) is 18.7. The van der Waals surface area contributed by atoms with E-state index in [2.05, 4.69) is 61.5 Å². The molecule has 5 heterocycles. The number of carbonyl (C=O) groups is 1. The Labute approximate surface area is 192 Å². The van der Waals surface area contributed by atoms with Crippen LogP contribution >= 0.6 is 11.3 Å². The van der Waals surface area contributed by atoms with Crippen LogP contribution in [0.3, 0.4) is 0 Å². The Morgan fingerprint density at radius 2 is 1.97 bits per heavy atom. The lowest BCUT2D eigenvalue weighted by atomic mass is 9.95. The normalized spacial score (nSPS) is 15.6. The molecular weight excluding hydrogens is 418 g/mol. The molecule has 0 N–H and O–H groups in total. The molecule has 7 heteroatoms. The number of fused-ring (bicyclic) bond motifs is 1. The Bertz CT molecular complexity index is 1210. The molecule has 1 aliphatic rings. The summed E-state index contributed by atoms with van der Waals surface area (Å²) in [4.78, 5) is 16.8. The summed E-state index contributed by atoms with van der Waals surface area (Å²) >= 11 is 1.79. The van der Waals surface area contributed by atoms with E-state index in [9.17, 15) is 4.79 Å². The van der Waals surface area contributed by atoms with E-state index < -0.39 is 0 Å². The number of ketones is 1. The maximum Gasteiger partial charge on any atom is 0.178 e. The van der Waals surface area contributed by atoms with Gasteiger partial charge in [0.2, 0.25) is 0 Å². The minimum absolute atomic E-state index is 0.229. The first-order valence-corrected chi connectivity index (χ1v) is 12.2. The van der Waals surface area contributed by atoms with Crippen molar-refractivity contribution in [3.63, 3.8) is 0 Å². The van der Waals surface area contributed by atoms with Gasteiger partial charge in [0.15, 0.2) is 11.4 Å². The van der Waals surface area contributed by atoms with Crippen LogP contribution in [0.2, 0.25) is 0 Å². The van der Waals surface area contributed by atoms with Gasteiger partial charge in [0, 0.05) is 40.5 Å². The van der Waals surface area contributed by atoms with Crippen molar-refractivity contribution < 1.29 is 4.79 Å². The predicted molar refractivity (Wildman–Crippen MR) is 128 cm³/mol. The van der Waals surface area contributed by atoms with Gasteiger partial charge >= 0.3 is 0 Å². The molecule has 0 spiro atoms. The number of nitrogens with zero attached hydrogens (tertiary/aromatic N) is 5. The van der Waals surface area contributed by atoms with E-state index in [4.69, 9.17) is 0 Å². The first-order chi connectivity index (χ1) is 15.6. The number of likely N-dealkylation sites (tertiary alicyclic amines) is 1. The van der Waals surface area contributed by atoms with Crippen LogP contribution in [0, 0.1) is 13.8 Å². The third-order valence-corrected chi connectivity index (χ3v) is 7.63. The highest BCUT2D eigenvalue weighted by Crippen LogP contribution is 2.27. The van der Waals surface area contributed by atoms with Gasteiger partial charge in [-0.05, 0) is 75.8 Å². The van der Waals surface area contributed by atoms with E-state index in [1.807, 2.05) is 24.4 Å². The average Bonchev–Trinajstić information content (AvgIpc) is 3.53. The van der Waals surface area contributed by atoms with Gasteiger partial charge in [-0.15, -0.1) is 21.5 Å². The highest BCUT2D eigenvalue weighted by atomic mass is 32.1. The topological polar surface area (TPSA) is 55.4 Å². The van der Waals surface area contributed by atoms with Crippen molar-refractivity contribution in [1.29, 1.82) is 0 Å². The molecule has 0 aromatic carbocycles. The molecule has 1 saturated heterocycles. The van der Waals surface area contributed by atoms with Crippen molar-refractivity contribution >= 4 is 22.8 Å². The number of hydrogen-bond acceptors (Lipinski definition) is 5. The summed E-state index contributed by atoms with van der Waals surface area (Å²) in [5.74, 6) is 1.66. The molecule has 0 amide bonds. The number of rotatable bonds is 7. The smallest absolute Gasteiger partial charge is 0.178 e. The zero-order chi connectivity index (χ0) is 22.1. The van der Waals surface area contributed by atoms with E-state index in [1.54, 1.807) is 11.3 Å². The molecule has 5 rings (SSSR count). The number of aromatic nitrogens is 4. The van der Waals surface area contributed by atoms with Gasteiger partial charge in [0.25, 0.3) is 0 Å². The van der Waals surface area contributed by atoms with Crippen LogP contribution in [0.4, 0.5) is 0 Å². The molecule has 4 aromatic rings. The Balaban J connectivity index is 1.20. The fourth-order valence-electron chi connectivity index (χ4n) is 4.88.